The second-order valence-electron chi connectivity index (χ2n) is 8.68. The fraction of sp³-hybridized carbons (Fsp3) is 0.542. The van der Waals surface area contributed by atoms with Crippen LogP contribution >= 0.6 is 23.5 Å². The Morgan fingerprint density at radius 1 is 1.17 bits per heavy atom. The van der Waals surface area contributed by atoms with E-state index in [-0.39, 0.29) is 43.3 Å². The van der Waals surface area contributed by atoms with Gasteiger partial charge in [0.15, 0.2) is 5.57 Å². The van der Waals surface area contributed by atoms with E-state index in [1.54, 1.807) is 20.9 Å². The first kappa shape index (κ1) is 31.8. The number of unbranched alkanes of at least 4 members (excludes halogenated alkanes) is 2. The van der Waals surface area contributed by atoms with E-state index < -0.39 is 46.7 Å². The molecule has 222 valence electrons. The van der Waals surface area contributed by atoms with Crippen molar-refractivity contribution < 1.29 is 43.3 Å². The van der Waals surface area contributed by atoms with Gasteiger partial charge in [-0.15, -0.1) is 16.9 Å². The third-order valence-electron chi connectivity index (χ3n) is 5.99. The molecule has 0 aromatic carbocycles. The summed E-state index contributed by atoms with van der Waals surface area (Å²) < 4.78 is 11.4. The van der Waals surface area contributed by atoms with Gasteiger partial charge in [-0.25, -0.2) is 19.1 Å². The van der Waals surface area contributed by atoms with Crippen molar-refractivity contribution in [3.8, 4) is 0 Å². The van der Waals surface area contributed by atoms with Crippen molar-refractivity contribution in [2.45, 2.75) is 56.1 Å². The number of hydrogen-bond donors (Lipinski definition) is 1. The highest BCUT2D eigenvalue weighted by molar-refractivity contribution is 8.01. The average Bonchev–Trinajstić information content (AvgIpc) is 3.35. The minimum absolute atomic E-state index is 0.0538. The van der Waals surface area contributed by atoms with Crippen LogP contribution in [0.25, 0.3) is 0 Å². The number of aromatic nitrogens is 4. The molecule has 1 N–H and O–H groups in total. The van der Waals surface area contributed by atoms with E-state index in [2.05, 4.69) is 15.5 Å². The lowest BCUT2D eigenvalue weighted by Crippen LogP contribution is -2.70. The van der Waals surface area contributed by atoms with Gasteiger partial charge in [-0.1, -0.05) is 11.8 Å². The van der Waals surface area contributed by atoms with E-state index in [4.69, 9.17) is 9.47 Å². The number of fused-ring (bicyclic) bond motifs is 1. The molecule has 1 fully saturated rings. The van der Waals surface area contributed by atoms with Crippen LogP contribution in [0.2, 0.25) is 0 Å². The summed E-state index contributed by atoms with van der Waals surface area (Å²) >= 11 is 2.46. The van der Waals surface area contributed by atoms with E-state index in [1.165, 1.54) is 28.2 Å². The predicted octanol–water partition coefficient (Wildman–Crippen LogP) is 0.523. The number of nitrogens with zero attached hydrogens (tertiary/aromatic N) is 6. The number of aldehydes is 1. The number of hydrogen-bond acceptors (Lipinski definition) is 13. The van der Waals surface area contributed by atoms with Crippen LogP contribution in [0.15, 0.2) is 28.2 Å². The van der Waals surface area contributed by atoms with Crippen LogP contribution in [0, 0.1) is 0 Å². The maximum Gasteiger partial charge on any atom is 0.352 e. The summed E-state index contributed by atoms with van der Waals surface area (Å²) in [6.07, 6.45) is 2.58. The van der Waals surface area contributed by atoms with Crippen molar-refractivity contribution in [3.05, 3.63) is 23.0 Å². The highest BCUT2D eigenvalue weighted by Gasteiger charge is 2.56. The zero-order valence-corrected chi connectivity index (χ0v) is 24.3. The summed E-state index contributed by atoms with van der Waals surface area (Å²) in [4.78, 5) is 77.2. The molecule has 0 spiro atoms. The Bertz CT molecular complexity index is 1240. The Morgan fingerprint density at radius 3 is 2.41 bits per heavy atom. The number of amides is 2. The van der Waals surface area contributed by atoms with Gasteiger partial charge in [-0.05, 0) is 42.7 Å². The quantitative estimate of drug-likeness (QED) is 0.0422. The lowest BCUT2D eigenvalue weighted by molar-refractivity contribution is -0.157. The maximum absolute atomic E-state index is 13.5. The van der Waals surface area contributed by atoms with E-state index in [9.17, 15) is 33.9 Å². The molecule has 0 saturated carbocycles. The Hall–Kier alpha value is -3.73. The molecule has 17 heteroatoms. The van der Waals surface area contributed by atoms with Crippen LogP contribution in [0.3, 0.4) is 0 Å². The number of esters is 2. The molecule has 41 heavy (non-hydrogen) atoms. The van der Waals surface area contributed by atoms with Crippen molar-refractivity contribution in [2.24, 2.45) is 7.05 Å². The number of aryl methyl sites for hydroxylation is 1. The van der Waals surface area contributed by atoms with Crippen LogP contribution in [-0.4, -0.2) is 107 Å². The molecule has 2 aliphatic heterocycles. The van der Waals surface area contributed by atoms with Gasteiger partial charge in [0.1, 0.15) is 23.4 Å². The number of thioether (sulfide) groups is 2. The zero-order chi connectivity index (χ0) is 30.1. The number of carbonyl (C=O) groups is 6. The van der Waals surface area contributed by atoms with Gasteiger partial charge in [0, 0.05) is 37.6 Å². The minimum Gasteiger partial charge on any atom is -0.477 e. The predicted molar refractivity (Wildman–Crippen MR) is 144 cm³/mol. The third kappa shape index (κ3) is 7.32. The van der Waals surface area contributed by atoms with Crippen molar-refractivity contribution in [1.29, 1.82) is 0 Å². The molecule has 0 radical (unpaired) electrons. The lowest BCUT2D eigenvalue weighted by atomic mass is 10.0. The average molecular weight is 611 g/mol. The van der Waals surface area contributed by atoms with Crippen LogP contribution in [0.5, 0.6) is 0 Å². The summed E-state index contributed by atoms with van der Waals surface area (Å²) in [5, 5.41) is 20.8. The first-order valence-corrected chi connectivity index (χ1v) is 14.8. The van der Waals surface area contributed by atoms with Crippen LogP contribution in [-0.2, 0) is 45.3 Å². The standard InChI is InChI=1S/C24H30N6O9S2/c1-4-38-22(36)15(23(37)39-5-2)11-29(16(32)9-7-6-8-10-31)18-19(33)30-17(21(34)35)14(12-40-20(18)30)13-41-24-25-26-27-28(24)3/h10-11,18,20H,4-9,12-13H2,1-3H3,(H,34,35)/t18?,20-/m0/s1. The summed E-state index contributed by atoms with van der Waals surface area (Å²) in [6, 6.07) is -1.19. The van der Waals surface area contributed by atoms with Crippen molar-refractivity contribution in [3.63, 3.8) is 0 Å². The smallest absolute Gasteiger partial charge is 0.352 e. The van der Waals surface area contributed by atoms with Gasteiger partial charge in [0.25, 0.3) is 5.91 Å². The van der Waals surface area contributed by atoms with Gasteiger partial charge in [-0.3, -0.25) is 14.5 Å². The van der Waals surface area contributed by atoms with Crippen molar-refractivity contribution >= 4 is 59.5 Å². The highest BCUT2D eigenvalue weighted by atomic mass is 32.2. The number of β-lactam (4-membered cyclic amide) rings is 1. The first-order chi connectivity index (χ1) is 19.7. The molecule has 2 atom stereocenters. The van der Waals surface area contributed by atoms with Crippen molar-refractivity contribution in [1.82, 2.24) is 30.0 Å². The second-order valence-corrected chi connectivity index (χ2v) is 10.7. The summed E-state index contributed by atoms with van der Waals surface area (Å²) in [6.45, 7) is 2.97. The number of carboxylic acid groups (broad SMARTS) is 1. The number of carbonyl (C=O) groups excluding carboxylic acids is 5. The molecule has 15 nitrogen and oxygen atoms in total. The largest absolute Gasteiger partial charge is 0.477 e. The molecule has 1 saturated heterocycles. The first-order valence-electron chi connectivity index (χ1n) is 12.7. The fourth-order valence-corrected chi connectivity index (χ4v) is 6.47. The SMILES string of the molecule is CCOC(=O)C(=CN(C(=O)CCCCC=O)C1C(=O)N2C(C(=O)O)=C(CSc3nnnn3C)CS[C@@H]12)C(=O)OCC. The van der Waals surface area contributed by atoms with Gasteiger partial charge in [0.2, 0.25) is 11.1 Å². The Labute approximate surface area is 243 Å². The van der Waals surface area contributed by atoms with Gasteiger partial charge >= 0.3 is 17.9 Å². The highest BCUT2D eigenvalue weighted by Crippen LogP contribution is 2.44. The molecule has 1 aromatic rings. The normalized spacial score (nSPS) is 17.7. The van der Waals surface area contributed by atoms with Gasteiger partial charge < -0.3 is 24.3 Å². The Balaban J connectivity index is 1.94. The van der Waals surface area contributed by atoms with Crippen LogP contribution < -0.4 is 0 Å². The van der Waals surface area contributed by atoms with Crippen LogP contribution in [0.4, 0.5) is 0 Å². The number of carboxylic acids is 1. The van der Waals surface area contributed by atoms with Gasteiger partial charge in [-0.2, -0.15) is 0 Å². The molecular weight excluding hydrogens is 580 g/mol. The second kappa shape index (κ2) is 14.8. The molecule has 2 amide bonds. The lowest BCUT2D eigenvalue weighted by Gasteiger charge is -2.52. The van der Waals surface area contributed by atoms with E-state index in [0.717, 1.165) is 22.3 Å². The molecule has 0 bridgehead atoms. The monoisotopic (exact) mass is 610 g/mol. The summed E-state index contributed by atoms with van der Waals surface area (Å²) in [5.74, 6) is -4.21. The van der Waals surface area contributed by atoms with Crippen LogP contribution in [0.1, 0.15) is 39.5 Å². The van der Waals surface area contributed by atoms with E-state index in [0.29, 0.717) is 23.6 Å². The van der Waals surface area contributed by atoms with E-state index >= 15 is 0 Å². The molecule has 1 unspecified atom stereocenters. The molecule has 0 aliphatic carbocycles. The van der Waals surface area contributed by atoms with Crippen molar-refractivity contribution in [2.75, 3.05) is 24.7 Å². The molecule has 3 rings (SSSR count). The third-order valence-corrected chi connectivity index (χ3v) is 8.41. The molecular formula is C24H30N6O9S2. The summed E-state index contributed by atoms with van der Waals surface area (Å²) in [5.41, 5.74) is -0.305. The fourth-order valence-electron chi connectivity index (χ4n) is 4.08. The number of aliphatic carboxylic acids is 1. The number of rotatable bonds is 15. The number of tetrazole rings is 1. The zero-order valence-electron chi connectivity index (χ0n) is 22.7. The Kier molecular flexibility index (Phi) is 11.5. The molecule has 1 aromatic heterocycles. The van der Waals surface area contributed by atoms with E-state index in [1.807, 2.05) is 0 Å². The molecule has 2 aliphatic rings. The number of ether oxygens (including phenoxy) is 2. The van der Waals surface area contributed by atoms with Gasteiger partial charge in [0.05, 0.1) is 13.2 Å². The topological polar surface area (TPSA) is 191 Å². The molecule has 3 heterocycles. The maximum atomic E-state index is 13.5. The Morgan fingerprint density at radius 2 is 1.85 bits per heavy atom. The summed E-state index contributed by atoms with van der Waals surface area (Å²) in [7, 11) is 1.64. The minimum atomic E-state index is -1.31.